The fourth-order valence-electron chi connectivity index (χ4n) is 2.65. The van der Waals surface area contributed by atoms with Crippen LogP contribution in [0.2, 0.25) is 0 Å². The van der Waals surface area contributed by atoms with Crippen molar-refractivity contribution >= 4 is 24.3 Å². The van der Waals surface area contributed by atoms with Crippen LogP contribution in [0.15, 0.2) is 29.4 Å². The summed E-state index contributed by atoms with van der Waals surface area (Å²) in [5.74, 6) is 0.702. The standard InChI is InChI=1S/C13H17BN4O2S/c19-14(20)11-5-3-4-10(8-11)9-21-13-15-16-17-18(13)12-6-1-2-7-12/h3-5,8,12,19-20H,1-2,6-7,9H2. The maximum atomic E-state index is 9.20. The summed E-state index contributed by atoms with van der Waals surface area (Å²) in [6.07, 6.45) is 4.77. The first kappa shape index (κ1) is 14.6. The van der Waals surface area contributed by atoms with Gasteiger partial charge < -0.3 is 10.0 Å². The highest BCUT2D eigenvalue weighted by Gasteiger charge is 2.21. The summed E-state index contributed by atoms with van der Waals surface area (Å²) in [5.41, 5.74) is 1.52. The Morgan fingerprint density at radius 3 is 2.86 bits per heavy atom. The zero-order valence-electron chi connectivity index (χ0n) is 11.6. The first-order chi connectivity index (χ1) is 10.2. The third-order valence-electron chi connectivity index (χ3n) is 3.75. The van der Waals surface area contributed by atoms with Crippen molar-refractivity contribution in [2.45, 2.75) is 42.6 Å². The molecule has 0 saturated heterocycles. The molecule has 1 fully saturated rings. The van der Waals surface area contributed by atoms with Crippen molar-refractivity contribution in [2.75, 3.05) is 0 Å². The first-order valence-electron chi connectivity index (χ1n) is 7.09. The molecule has 110 valence electrons. The fourth-order valence-corrected chi connectivity index (χ4v) is 3.54. The summed E-state index contributed by atoms with van der Waals surface area (Å²) in [4.78, 5) is 0. The van der Waals surface area contributed by atoms with Crippen LogP contribution in [-0.2, 0) is 5.75 Å². The highest BCUT2D eigenvalue weighted by Crippen LogP contribution is 2.32. The van der Waals surface area contributed by atoms with Gasteiger partial charge in [0.25, 0.3) is 0 Å². The Kier molecular flexibility index (Phi) is 4.57. The molecular weight excluding hydrogens is 287 g/mol. The van der Waals surface area contributed by atoms with Gasteiger partial charge in [-0.15, -0.1) is 5.10 Å². The zero-order valence-corrected chi connectivity index (χ0v) is 12.4. The van der Waals surface area contributed by atoms with Crippen molar-refractivity contribution in [2.24, 2.45) is 0 Å². The van der Waals surface area contributed by atoms with Crippen LogP contribution in [0.3, 0.4) is 0 Å². The molecular formula is C13H17BN4O2S. The van der Waals surface area contributed by atoms with Gasteiger partial charge >= 0.3 is 7.12 Å². The van der Waals surface area contributed by atoms with Crippen LogP contribution in [0.4, 0.5) is 0 Å². The highest BCUT2D eigenvalue weighted by molar-refractivity contribution is 7.98. The third kappa shape index (κ3) is 3.45. The van der Waals surface area contributed by atoms with Gasteiger partial charge in [0.05, 0.1) is 6.04 Å². The van der Waals surface area contributed by atoms with Gasteiger partial charge in [0.1, 0.15) is 0 Å². The number of tetrazole rings is 1. The van der Waals surface area contributed by atoms with Crippen LogP contribution < -0.4 is 5.46 Å². The quantitative estimate of drug-likeness (QED) is 0.627. The molecule has 6 nitrogen and oxygen atoms in total. The van der Waals surface area contributed by atoms with Crippen LogP contribution in [0, 0.1) is 0 Å². The number of hydrogen-bond acceptors (Lipinski definition) is 6. The monoisotopic (exact) mass is 304 g/mol. The maximum absolute atomic E-state index is 9.20. The van der Waals surface area contributed by atoms with Gasteiger partial charge in [0.15, 0.2) is 0 Å². The van der Waals surface area contributed by atoms with Crippen LogP contribution in [0.5, 0.6) is 0 Å². The van der Waals surface area contributed by atoms with E-state index in [9.17, 15) is 10.0 Å². The number of hydrogen-bond donors (Lipinski definition) is 2. The van der Waals surface area contributed by atoms with E-state index in [-0.39, 0.29) is 0 Å². The predicted molar refractivity (Wildman–Crippen MR) is 81.2 cm³/mol. The molecule has 0 radical (unpaired) electrons. The second-order valence-electron chi connectivity index (χ2n) is 5.25. The smallest absolute Gasteiger partial charge is 0.423 e. The van der Waals surface area contributed by atoms with E-state index in [1.807, 2.05) is 16.8 Å². The zero-order chi connectivity index (χ0) is 14.7. The number of rotatable bonds is 5. The Hall–Kier alpha value is -1.38. The van der Waals surface area contributed by atoms with E-state index in [1.165, 1.54) is 12.8 Å². The molecule has 0 amide bonds. The average Bonchev–Trinajstić information content (AvgIpc) is 3.16. The summed E-state index contributed by atoms with van der Waals surface area (Å²) in [7, 11) is -1.43. The Morgan fingerprint density at radius 1 is 1.29 bits per heavy atom. The van der Waals surface area contributed by atoms with E-state index in [0.29, 0.717) is 17.3 Å². The highest BCUT2D eigenvalue weighted by atomic mass is 32.2. The Bertz CT molecular complexity index is 601. The van der Waals surface area contributed by atoms with Gasteiger partial charge in [0.2, 0.25) is 5.16 Å². The molecule has 1 aliphatic rings. The van der Waals surface area contributed by atoms with Crippen LogP contribution in [-0.4, -0.2) is 37.4 Å². The van der Waals surface area contributed by atoms with Crippen molar-refractivity contribution < 1.29 is 10.0 Å². The molecule has 1 aromatic heterocycles. The summed E-state index contributed by atoms with van der Waals surface area (Å²) in [6, 6.07) is 7.70. The van der Waals surface area contributed by atoms with Crippen LogP contribution in [0.25, 0.3) is 0 Å². The van der Waals surface area contributed by atoms with Crippen LogP contribution in [0.1, 0.15) is 37.3 Å². The predicted octanol–water partition coefficient (Wildman–Crippen LogP) is 0.760. The number of benzene rings is 1. The Labute approximate surface area is 127 Å². The lowest BCUT2D eigenvalue weighted by Gasteiger charge is -2.10. The van der Waals surface area contributed by atoms with Gasteiger partial charge in [-0.05, 0) is 34.3 Å². The van der Waals surface area contributed by atoms with Crippen molar-refractivity contribution in [1.82, 2.24) is 20.2 Å². The topological polar surface area (TPSA) is 84.1 Å². The summed E-state index contributed by atoms with van der Waals surface area (Å²) >= 11 is 1.58. The summed E-state index contributed by atoms with van der Waals surface area (Å²) in [6.45, 7) is 0. The number of thioether (sulfide) groups is 1. The molecule has 0 bridgehead atoms. The first-order valence-corrected chi connectivity index (χ1v) is 8.08. The van der Waals surface area contributed by atoms with Gasteiger partial charge in [-0.25, -0.2) is 4.68 Å². The lowest BCUT2D eigenvalue weighted by Crippen LogP contribution is -2.29. The molecule has 8 heteroatoms. The van der Waals surface area contributed by atoms with Gasteiger partial charge in [-0.3, -0.25) is 0 Å². The summed E-state index contributed by atoms with van der Waals surface area (Å²) in [5, 5.41) is 31.2. The van der Waals surface area contributed by atoms with Crippen molar-refractivity contribution in [3.05, 3.63) is 29.8 Å². The normalized spacial score (nSPS) is 15.5. The molecule has 1 aliphatic carbocycles. The molecule has 1 aromatic carbocycles. The third-order valence-corrected chi connectivity index (χ3v) is 4.75. The molecule has 21 heavy (non-hydrogen) atoms. The van der Waals surface area contributed by atoms with Crippen LogP contribution >= 0.6 is 11.8 Å². The van der Waals surface area contributed by atoms with Crippen molar-refractivity contribution in [3.63, 3.8) is 0 Å². The second-order valence-corrected chi connectivity index (χ2v) is 6.19. The lowest BCUT2D eigenvalue weighted by molar-refractivity contribution is 0.423. The van der Waals surface area contributed by atoms with E-state index in [4.69, 9.17) is 0 Å². The van der Waals surface area contributed by atoms with Gasteiger partial charge in [-0.1, -0.05) is 48.9 Å². The average molecular weight is 304 g/mol. The molecule has 3 rings (SSSR count). The minimum atomic E-state index is -1.43. The van der Waals surface area contributed by atoms with Crippen molar-refractivity contribution in [3.8, 4) is 0 Å². The van der Waals surface area contributed by atoms with E-state index in [0.717, 1.165) is 23.6 Å². The summed E-state index contributed by atoms with van der Waals surface area (Å²) < 4.78 is 1.93. The van der Waals surface area contributed by atoms with Crippen molar-refractivity contribution in [1.29, 1.82) is 0 Å². The number of aromatic nitrogens is 4. The molecule has 0 spiro atoms. The largest absolute Gasteiger partial charge is 0.488 e. The van der Waals surface area contributed by atoms with E-state index >= 15 is 0 Å². The SMILES string of the molecule is OB(O)c1cccc(CSc2nnnn2C2CCCC2)c1. The second kappa shape index (κ2) is 6.59. The van der Waals surface area contributed by atoms with Gasteiger partial charge in [-0.2, -0.15) is 0 Å². The molecule has 2 N–H and O–H groups in total. The minimum Gasteiger partial charge on any atom is -0.423 e. The Balaban J connectivity index is 1.68. The molecule has 0 atom stereocenters. The molecule has 2 aromatic rings. The molecule has 0 aliphatic heterocycles. The van der Waals surface area contributed by atoms with Gasteiger partial charge in [0, 0.05) is 5.75 Å². The molecule has 1 saturated carbocycles. The maximum Gasteiger partial charge on any atom is 0.488 e. The van der Waals surface area contributed by atoms with E-state index < -0.39 is 7.12 Å². The fraction of sp³-hybridized carbons (Fsp3) is 0.462. The lowest BCUT2D eigenvalue weighted by atomic mass is 9.80. The Morgan fingerprint density at radius 2 is 2.10 bits per heavy atom. The van der Waals surface area contributed by atoms with E-state index in [1.54, 1.807) is 23.9 Å². The minimum absolute atomic E-state index is 0.424. The molecule has 1 heterocycles. The van der Waals surface area contributed by atoms with E-state index in [2.05, 4.69) is 15.5 Å². The number of nitrogens with zero attached hydrogens (tertiary/aromatic N) is 4. The molecule has 0 unspecified atom stereocenters.